The molecule has 1 aromatic carbocycles. The molecule has 0 saturated heterocycles. The Labute approximate surface area is 111 Å². The van der Waals surface area contributed by atoms with Gasteiger partial charge in [0.15, 0.2) is 0 Å². The zero-order valence-corrected chi connectivity index (χ0v) is 11.6. The first kappa shape index (κ1) is 13.4. The van der Waals surface area contributed by atoms with Gasteiger partial charge in [-0.3, -0.25) is 0 Å². The minimum Gasteiger partial charge on any atom is -0.388 e. The van der Waals surface area contributed by atoms with Gasteiger partial charge >= 0.3 is 0 Å². The van der Waals surface area contributed by atoms with Gasteiger partial charge in [0.2, 0.25) is 0 Å². The molecule has 0 aromatic heterocycles. The summed E-state index contributed by atoms with van der Waals surface area (Å²) in [7, 11) is 0. The number of aliphatic hydroxyl groups excluding tert-OH is 1. The highest BCUT2D eigenvalue weighted by molar-refractivity contribution is 5.48. The lowest BCUT2D eigenvalue weighted by Crippen LogP contribution is -2.26. The standard InChI is InChI=1S/C16H25NO/c1-3-11-17(12-13-5-6-13)15-9-7-14(8-10-15)16(18)4-2/h7-10,13,16,18H,3-6,11-12H2,1-2H3/t16-/m0/s1. The molecule has 1 saturated carbocycles. The van der Waals surface area contributed by atoms with Crippen LogP contribution < -0.4 is 4.90 Å². The Morgan fingerprint density at radius 2 is 1.89 bits per heavy atom. The maximum atomic E-state index is 9.80. The predicted octanol–water partition coefficient (Wildman–Crippen LogP) is 3.76. The third-order valence-electron chi connectivity index (χ3n) is 3.70. The van der Waals surface area contributed by atoms with Crippen LogP contribution in [-0.4, -0.2) is 18.2 Å². The fourth-order valence-electron chi connectivity index (χ4n) is 2.35. The number of anilines is 1. The molecule has 100 valence electrons. The van der Waals surface area contributed by atoms with Gasteiger partial charge in [-0.05, 0) is 49.3 Å². The van der Waals surface area contributed by atoms with E-state index in [-0.39, 0.29) is 6.10 Å². The zero-order chi connectivity index (χ0) is 13.0. The smallest absolute Gasteiger partial charge is 0.0787 e. The SMILES string of the molecule is CCCN(CC1CC1)c1ccc([C@@H](O)CC)cc1. The summed E-state index contributed by atoms with van der Waals surface area (Å²) < 4.78 is 0. The molecule has 0 spiro atoms. The second kappa shape index (κ2) is 6.24. The van der Waals surface area contributed by atoms with Crippen LogP contribution in [0.3, 0.4) is 0 Å². The van der Waals surface area contributed by atoms with Gasteiger partial charge in [-0.2, -0.15) is 0 Å². The van der Waals surface area contributed by atoms with Gasteiger partial charge in [-0.1, -0.05) is 26.0 Å². The van der Waals surface area contributed by atoms with Crippen molar-refractivity contribution < 1.29 is 5.11 Å². The van der Waals surface area contributed by atoms with E-state index in [4.69, 9.17) is 0 Å². The van der Waals surface area contributed by atoms with Crippen LogP contribution in [0.15, 0.2) is 24.3 Å². The first-order valence-electron chi connectivity index (χ1n) is 7.27. The summed E-state index contributed by atoms with van der Waals surface area (Å²) in [6.45, 7) is 6.57. The number of rotatable bonds is 7. The van der Waals surface area contributed by atoms with Crippen molar-refractivity contribution in [2.75, 3.05) is 18.0 Å². The van der Waals surface area contributed by atoms with Crippen LogP contribution in [0.25, 0.3) is 0 Å². The van der Waals surface area contributed by atoms with E-state index in [0.29, 0.717) is 0 Å². The molecule has 0 aliphatic heterocycles. The Balaban J connectivity index is 2.04. The van der Waals surface area contributed by atoms with Crippen molar-refractivity contribution in [1.82, 2.24) is 0 Å². The number of aliphatic hydroxyl groups is 1. The molecule has 2 nitrogen and oxygen atoms in total. The molecule has 1 aliphatic rings. The van der Waals surface area contributed by atoms with Crippen LogP contribution >= 0.6 is 0 Å². The van der Waals surface area contributed by atoms with Crippen molar-refractivity contribution in [3.05, 3.63) is 29.8 Å². The van der Waals surface area contributed by atoms with Gasteiger partial charge < -0.3 is 10.0 Å². The van der Waals surface area contributed by atoms with Gasteiger partial charge in [0.1, 0.15) is 0 Å². The molecule has 0 bridgehead atoms. The Morgan fingerprint density at radius 3 is 2.39 bits per heavy atom. The van der Waals surface area contributed by atoms with Gasteiger partial charge in [0.25, 0.3) is 0 Å². The minimum absolute atomic E-state index is 0.317. The van der Waals surface area contributed by atoms with E-state index in [1.807, 2.05) is 6.92 Å². The summed E-state index contributed by atoms with van der Waals surface area (Å²) in [5, 5.41) is 9.80. The molecule has 18 heavy (non-hydrogen) atoms. The van der Waals surface area contributed by atoms with E-state index >= 15 is 0 Å². The molecular weight excluding hydrogens is 222 g/mol. The van der Waals surface area contributed by atoms with Crippen molar-refractivity contribution in [2.45, 2.75) is 45.6 Å². The lowest BCUT2D eigenvalue weighted by atomic mass is 10.1. The molecule has 2 rings (SSSR count). The molecule has 1 aromatic rings. The van der Waals surface area contributed by atoms with Crippen LogP contribution in [0, 0.1) is 5.92 Å². The largest absolute Gasteiger partial charge is 0.388 e. The van der Waals surface area contributed by atoms with E-state index < -0.39 is 0 Å². The van der Waals surface area contributed by atoms with E-state index in [1.54, 1.807) is 0 Å². The summed E-state index contributed by atoms with van der Waals surface area (Å²) in [6, 6.07) is 8.45. The first-order chi connectivity index (χ1) is 8.74. The van der Waals surface area contributed by atoms with Gasteiger partial charge in [0.05, 0.1) is 6.10 Å². The number of hydrogen-bond acceptors (Lipinski definition) is 2. The lowest BCUT2D eigenvalue weighted by molar-refractivity contribution is 0.173. The number of hydrogen-bond donors (Lipinski definition) is 1. The van der Waals surface area contributed by atoms with Crippen LogP contribution in [0.2, 0.25) is 0 Å². The maximum Gasteiger partial charge on any atom is 0.0787 e. The third kappa shape index (κ3) is 3.49. The Morgan fingerprint density at radius 1 is 1.22 bits per heavy atom. The lowest BCUT2D eigenvalue weighted by Gasteiger charge is -2.24. The van der Waals surface area contributed by atoms with Crippen molar-refractivity contribution in [2.24, 2.45) is 5.92 Å². The molecule has 1 aliphatic carbocycles. The second-order valence-corrected chi connectivity index (χ2v) is 5.40. The average molecular weight is 247 g/mol. The Kier molecular flexibility index (Phi) is 4.65. The average Bonchev–Trinajstić information content (AvgIpc) is 3.21. The highest BCUT2D eigenvalue weighted by Gasteiger charge is 2.24. The molecule has 0 unspecified atom stereocenters. The van der Waals surface area contributed by atoms with Crippen LogP contribution in [-0.2, 0) is 0 Å². The molecule has 1 fully saturated rings. The predicted molar refractivity (Wildman–Crippen MR) is 76.9 cm³/mol. The van der Waals surface area contributed by atoms with Gasteiger partial charge in [0, 0.05) is 18.8 Å². The molecule has 0 heterocycles. The summed E-state index contributed by atoms with van der Waals surface area (Å²) >= 11 is 0. The van der Waals surface area contributed by atoms with E-state index in [9.17, 15) is 5.11 Å². The van der Waals surface area contributed by atoms with Gasteiger partial charge in [-0.15, -0.1) is 0 Å². The molecular formula is C16H25NO. The topological polar surface area (TPSA) is 23.5 Å². The Bertz CT molecular complexity index is 356. The van der Waals surface area contributed by atoms with Crippen LogP contribution in [0.1, 0.15) is 51.2 Å². The molecule has 1 N–H and O–H groups in total. The first-order valence-corrected chi connectivity index (χ1v) is 7.27. The summed E-state index contributed by atoms with van der Waals surface area (Å²) in [5.74, 6) is 0.914. The quantitative estimate of drug-likeness (QED) is 0.793. The van der Waals surface area contributed by atoms with Crippen molar-refractivity contribution in [3.8, 4) is 0 Å². The van der Waals surface area contributed by atoms with E-state index in [1.165, 1.54) is 31.5 Å². The van der Waals surface area contributed by atoms with Crippen molar-refractivity contribution in [1.29, 1.82) is 0 Å². The highest BCUT2D eigenvalue weighted by Crippen LogP contribution is 2.32. The van der Waals surface area contributed by atoms with Crippen molar-refractivity contribution in [3.63, 3.8) is 0 Å². The molecule has 0 amide bonds. The molecule has 2 heteroatoms. The summed E-state index contributed by atoms with van der Waals surface area (Å²) in [4.78, 5) is 2.49. The van der Waals surface area contributed by atoms with Gasteiger partial charge in [-0.25, -0.2) is 0 Å². The van der Waals surface area contributed by atoms with E-state index in [0.717, 1.165) is 24.4 Å². The summed E-state index contributed by atoms with van der Waals surface area (Å²) in [5.41, 5.74) is 2.33. The second-order valence-electron chi connectivity index (χ2n) is 5.40. The zero-order valence-electron chi connectivity index (χ0n) is 11.6. The monoisotopic (exact) mass is 247 g/mol. The number of benzene rings is 1. The number of nitrogens with zero attached hydrogens (tertiary/aromatic N) is 1. The van der Waals surface area contributed by atoms with Crippen LogP contribution in [0.5, 0.6) is 0 Å². The molecule has 0 radical (unpaired) electrons. The highest BCUT2D eigenvalue weighted by atomic mass is 16.3. The Hall–Kier alpha value is -1.02. The summed E-state index contributed by atoms with van der Waals surface area (Å²) in [6.07, 6.45) is 4.44. The van der Waals surface area contributed by atoms with Crippen LogP contribution in [0.4, 0.5) is 5.69 Å². The third-order valence-corrected chi connectivity index (χ3v) is 3.70. The maximum absolute atomic E-state index is 9.80. The fraction of sp³-hybridized carbons (Fsp3) is 0.625. The normalized spacial score (nSPS) is 16.6. The van der Waals surface area contributed by atoms with Crippen molar-refractivity contribution >= 4 is 5.69 Å². The molecule has 1 atom stereocenters. The van der Waals surface area contributed by atoms with E-state index in [2.05, 4.69) is 36.1 Å². The fourth-order valence-corrected chi connectivity index (χ4v) is 2.35. The minimum atomic E-state index is -0.317.